The lowest BCUT2D eigenvalue weighted by Gasteiger charge is -2.61. The van der Waals surface area contributed by atoms with Crippen molar-refractivity contribution in [3.05, 3.63) is 0 Å². The van der Waals surface area contributed by atoms with E-state index < -0.39 is 22.9 Å². The number of carbonyl (C=O) groups excluding carboxylic acids is 2. The second kappa shape index (κ2) is 7.31. The molecule has 7 nitrogen and oxygen atoms in total. The molecule has 3 saturated heterocycles. The highest BCUT2D eigenvalue weighted by molar-refractivity contribution is 5.83. The van der Waals surface area contributed by atoms with Crippen LogP contribution >= 0.6 is 0 Å². The minimum atomic E-state index is -0.907. The second-order valence-corrected chi connectivity index (χ2v) is 14.8. The maximum absolute atomic E-state index is 14.0. The molecule has 0 amide bonds. The van der Waals surface area contributed by atoms with Gasteiger partial charge in [0.25, 0.3) is 0 Å². The van der Waals surface area contributed by atoms with Crippen LogP contribution in [-0.2, 0) is 28.5 Å². The number of hydrogen-bond acceptors (Lipinski definition) is 7. The molecule has 0 aromatic carbocycles. The normalized spacial score (nSPS) is 58.9. The van der Waals surface area contributed by atoms with E-state index >= 15 is 0 Å². The number of aliphatic hydroxyl groups is 1. The van der Waals surface area contributed by atoms with Crippen molar-refractivity contribution in [3.8, 4) is 0 Å². The van der Waals surface area contributed by atoms with Crippen LogP contribution < -0.4 is 0 Å². The van der Waals surface area contributed by atoms with Crippen LogP contribution in [0.2, 0.25) is 0 Å². The van der Waals surface area contributed by atoms with Crippen LogP contribution in [0.5, 0.6) is 0 Å². The summed E-state index contributed by atoms with van der Waals surface area (Å²) < 4.78 is 25.6. The summed E-state index contributed by atoms with van der Waals surface area (Å²) >= 11 is 0. The van der Waals surface area contributed by atoms with Gasteiger partial charge >= 0.3 is 11.9 Å². The first-order valence-corrected chi connectivity index (χ1v) is 14.7. The molecule has 13 atom stereocenters. The first-order chi connectivity index (χ1) is 17.3. The molecule has 7 fully saturated rings. The Morgan fingerprint density at radius 2 is 1.84 bits per heavy atom. The van der Waals surface area contributed by atoms with E-state index in [0.29, 0.717) is 12.3 Å². The van der Waals surface area contributed by atoms with Gasteiger partial charge in [0.1, 0.15) is 6.10 Å². The zero-order chi connectivity index (χ0) is 26.3. The summed E-state index contributed by atoms with van der Waals surface area (Å²) in [5.74, 6) is -0.0263. The standard InChI is InChI=1S/C30H44O7/c1-15-13-30(37-26(15,3)4)28(6)24-22(35-30)12-20-19-8-7-17-11-18(34-16(2)31)9-10-27(17,5)23(19)21(32)14-29(20,24)25(33)36-28/h15,17-24,32H,7-14H2,1-6H3/t15-,17?,18+,19-,20-,21-,22-,23+,24+,27-,28+,29+,30-/m0/s1. The van der Waals surface area contributed by atoms with Crippen molar-refractivity contribution in [2.45, 2.75) is 128 Å². The molecule has 37 heavy (non-hydrogen) atoms. The summed E-state index contributed by atoms with van der Waals surface area (Å²) in [5.41, 5.74) is -1.89. The topological polar surface area (TPSA) is 91.3 Å². The fraction of sp³-hybridized carbons (Fsp3) is 0.933. The van der Waals surface area contributed by atoms with Crippen LogP contribution in [0.25, 0.3) is 0 Å². The van der Waals surface area contributed by atoms with Gasteiger partial charge in [-0.3, -0.25) is 9.59 Å². The van der Waals surface area contributed by atoms with Crippen molar-refractivity contribution < 1.29 is 33.6 Å². The van der Waals surface area contributed by atoms with Crippen molar-refractivity contribution in [1.82, 2.24) is 0 Å². The summed E-state index contributed by atoms with van der Waals surface area (Å²) in [5, 5.41) is 11.9. The molecule has 1 N–H and O–H groups in total. The molecule has 1 unspecified atom stereocenters. The van der Waals surface area contributed by atoms with Crippen molar-refractivity contribution in [1.29, 1.82) is 0 Å². The van der Waals surface area contributed by atoms with Gasteiger partial charge in [0, 0.05) is 19.3 Å². The van der Waals surface area contributed by atoms with E-state index in [9.17, 15) is 14.7 Å². The molecule has 3 heterocycles. The maximum atomic E-state index is 14.0. The van der Waals surface area contributed by atoms with Crippen LogP contribution in [0.1, 0.15) is 92.9 Å². The van der Waals surface area contributed by atoms with Crippen molar-refractivity contribution in [3.63, 3.8) is 0 Å². The van der Waals surface area contributed by atoms with Crippen molar-refractivity contribution in [2.24, 2.45) is 46.3 Å². The van der Waals surface area contributed by atoms with Crippen LogP contribution in [0.15, 0.2) is 0 Å². The lowest BCUT2D eigenvalue weighted by atomic mass is 9.43. The number of aliphatic hydroxyl groups excluding tert-OH is 1. The van der Waals surface area contributed by atoms with Crippen LogP contribution in [0.3, 0.4) is 0 Å². The van der Waals surface area contributed by atoms with E-state index in [-0.39, 0.29) is 64.8 Å². The third-order valence-corrected chi connectivity index (χ3v) is 13.0. The molecule has 7 heteroatoms. The number of fused-ring (bicyclic) bond motifs is 5. The minimum Gasteiger partial charge on any atom is -0.463 e. The lowest BCUT2D eigenvalue weighted by Crippen LogP contribution is -2.61. The number of ether oxygens (including phenoxy) is 4. The molecule has 7 rings (SSSR count). The van der Waals surface area contributed by atoms with E-state index in [0.717, 1.165) is 44.9 Å². The Bertz CT molecular complexity index is 1040. The molecule has 7 aliphatic rings. The second-order valence-electron chi connectivity index (χ2n) is 14.8. The Hall–Kier alpha value is -1.18. The highest BCUT2D eigenvalue weighted by Crippen LogP contribution is 2.76. The Morgan fingerprint density at radius 1 is 1.08 bits per heavy atom. The van der Waals surface area contributed by atoms with Crippen LogP contribution in [-0.4, -0.2) is 52.3 Å². The van der Waals surface area contributed by atoms with Crippen molar-refractivity contribution in [2.75, 3.05) is 0 Å². The Morgan fingerprint density at radius 3 is 2.51 bits per heavy atom. The highest BCUT2D eigenvalue weighted by atomic mass is 16.8. The third-order valence-electron chi connectivity index (χ3n) is 13.0. The number of carbonyl (C=O) groups is 2. The van der Waals surface area contributed by atoms with Crippen molar-refractivity contribution >= 4 is 11.9 Å². The van der Waals surface area contributed by atoms with Gasteiger partial charge in [0.15, 0.2) is 5.60 Å². The molecular weight excluding hydrogens is 472 g/mol. The lowest BCUT2D eigenvalue weighted by molar-refractivity contribution is -0.291. The number of hydrogen-bond donors (Lipinski definition) is 1. The van der Waals surface area contributed by atoms with E-state index in [4.69, 9.17) is 18.9 Å². The van der Waals surface area contributed by atoms with E-state index in [1.165, 1.54) is 6.92 Å². The quantitative estimate of drug-likeness (QED) is 0.517. The Balaban J connectivity index is 1.22. The molecule has 4 aliphatic carbocycles. The molecule has 4 saturated carbocycles. The van der Waals surface area contributed by atoms with Gasteiger partial charge in [-0.15, -0.1) is 0 Å². The summed E-state index contributed by atoms with van der Waals surface area (Å²) in [6.45, 7) is 12.3. The van der Waals surface area contributed by atoms with E-state index in [2.05, 4.69) is 27.7 Å². The predicted molar refractivity (Wildman–Crippen MR) is 133 cm³/mol. The number of esters is 2. The molecule has 3 aliphatic heterocycles. The molecule has 0 bridgehead atoms. The maximum Gasteiger partial charge on any atom is 0.313 e. The average molecular weight is 517 g/mol. The summed E-state index contributed by atoms with van der Waals surface area (Å²) in [7, 11) is 0. The Kier molecular flexibility index (Phi) is 4.91. The fourth-order valence-electron chi connectivity index (χ4n) is 11.3. The Labute approximate surface area is 220 Å². The zero-order valence-corrected chi connectivity index (χ0v) is 23.2. The van der Waals surface area contributed by atoms with Gasteiger partial charge in [-0.1, -0.05) is 13.8 Å². The SMILES string of the molecule is CC(=O)O[C@@H]1CC[C@@]2(C)C(CC[C@@H]3[C@@H]2[C@@H](O)C[C@]24C(=O)O[C@]5(C)[C@H]2[C@H](C[C@@H]34)O[C@]52C[C@H](C)C(C)(C)O2)C1. The fourth-order valence-corrected chi connectivity index (χ4v) is 11.3. The summed E-state index contributed by atoms with van der Waals surface area (Å²) in [4.78, 5) is 25.6. The van der Waals surface area contributed by atoms with Gasteiger partial charge in [0.2, 0.25) is 5.79 Å². The number of rotatable bonds is 1. The smallest absolute Gasteiger partial charge is 0.313 e. The summed E-state index contributed by atoms with van der Waals surface area (Å²) in [6.07, 6.45) is 6.10. The van der Waals surface area contributed by atoms with Gasteiger partial charge in [-0.25, -0.2) is 0 Å². The third kappa shape index (κ3) is 2.84. The average Bonchev–Trinajstić information content (AvgIpc) is 3.39. The van der Waals surface area contributed by atoms with E-state index in [1.54, 1.807) is 0 Å². The van der Waals surface area contributed by atoms with Gasteiger partial charge in [-0.05, 0) is 101 Å². The van der Waals surface area contributed by atoms with Crippen LogP contribution in [0, 0.1) is 46.3 Å². The minimum absolute atomic E-state index is 0.0137. The molecule has 0 radical (unpaired) electrons. The highest BCUT2D eigenvalue weighted by Gasteiger charge is 2.85. The summed E-state index contributed by atoms with van der Waals surface area (Å²) in [6, 6.07) is 0. The molecule has 206 valence electrons. The first kappa shape index (κ1) is 24.8. The molecule has 0 aromatic heterocycles. The van der Waals surface area contributed by atoms with Gasteiger partial charge in [-0.2, -0.15) is 0 Å². The predicted octanol–water partition coefficient (Wildman–Crippen LogP) is 4.38. The van der Waals surface area contributed by atoms with Crippen LogP contribution in [0.4, 0.5) is 0 Å². The first-order valence-electron chi connectivity index (χ1n) is 14.7. The molecular formula is C30H44O7. The zero-order valence-electron chi connectivity index (χ0n) is 23.2. The largest absolute Gasteiger partial charge is 0.463 e. The molecule has 2 spiro atoms. The molecule has 0 aromatic rings. The monoisotopic (exact) mass is 516 g/mol. The van der Waals surface area contributed by atoms with Gasteiger partial charge in [0.05, 0.1) is 23.2 Å². The van der Waals surface area contributed by atoms with Gasteiger partial charge < -0.3 is 24.1 Å². The van der Waals surface area contributed by atoms with E-state index in [1.807, 2.05) is 6.92 Å².